The number of allylic oxidation sites excluding steroid dienone is 6. The summed E-state index contributed by atoms with van der Waals surface area (Å²) in [6, 6.07) is 0. The van der Waals surface area contributed by atoms with E-state index >= 15 is 0 Å². The highest BCUT2D eigenvalue weighted by Gasteiger charge is 2.25. The molecule has 0 saturated carbocycles. The molecule has 0 aliphatic carbocycles. The zero-order valence-corrected chi connectivity index (χ0v) is 27.1. The number of hydrogen-bond donors (Lipinski definition) is 2. The van der Waals surface area contributed by atoms with E-state index in [0.29, 0.717) is 6.42 Å². The molecular weight excluding hydrogens is 557 g/mol. The van der Waals surface area contributed by atoms with Crippen molar-refractivity contribution in [3.05, 3.63) is 36.5 Å². The maximum atomic E-state index is 12.4. The number of phosphoric acid groups is 1. The molecule has 0 aromatic carbocycles. The highest BCUT2D eigenvalue weighted by molar-refractivity contribution is 7.47. The normalized spacial score (nSPS) is 14.1. The van der Waals surface area contributed by atoms with Crippen molar-refractivity contribution in [1.29, 1.82) is 0 Å². The second-order valence-corrected chi connectivity index (χ2v) is 11.8. The number of rotatable bonds is 29. The third kappa shape index (κ3) is 28.4. The van der Waals surface area contributed by atoms with Gasteiger partial charge in [0.25, 0.3) is 0 Å². The van der Waals surface area contributed by atoms with Crippen molar-refractivity contribution < 1.29 is 37.6 Å². The molecule has 42 heavy (non-hydrogen) atoms. The summed E-state index contributed by atoms with van der Waals surface area (Å²) in [4.78, 5) is 34.4. The van der Waals surface area contributed by atoms with Crippen LogP contribution in [-0.4, -0.2) is 49.3 Å². The van der Waals surface area contributed by atoms with Gasteiger partial charge in [-0.1, -0.05) is 115 Å². The molecule has 2 atom stereocenters. The van der Waals surface area contributed by atoms with Gasteiger partial charge in [0.2, 0.25) is 0 Å². The van der Waals surface area contributed by atoms with E-state index in [1.54, 1.807) is 0 Å². The Labute approximate surface area is 254 Å². The van der Waals surface area contributed by atoms with Gasteiger partial charge in [-0.3, -0.25) is 18.6 Å². The van der Waals surface area contributed by atoms with Crippen LogP contribution in [-0.2, 0) is 32.7 Å². The summed E-state index contributed by atoms with van der Waals surface area (Å²) in [7, 11) is -4.36. The van der Waals surface area contributed by atoms with Crippen LogP contribution in [0.4, 0.5) is 0 Å². The molecule has 0 radical (unpaired) electrons. The minimum atomic E-state index is -4.36. The van der Waals surface area contributed by atoms with E-state index in [0.717, 1.165) is 57.8 Å². The Bertz CT molecular complexity index is 799. The second-order valence-electron chi connectivity index (χ2n) is 10.4. The molecule has 0 amide bonds. The first-order valence-electron chi connectivity index (χ1n) is 16.0. The smallest absolute Gasteiger partial charge is 0.462 e. The van der Waals surface area contributed by atoms with Crippen molar-refractivity contribution in [3.8, 4) is 0 Å². The third-order valence-electron chi connectivity index (χ3n) is 6.35. The third-order valence-corrected chi connectivity index (χ3v) is 7.34. The Balaban J connectivity index is 4.36. The van der Waals surface area contributed by atoms with Crippen LogP contribution in [0.5, 0.6) is 0 Å². The Morgan fingerprint density at radius 2 is 1.31 bits per heavy atom. The highest BCUT2D eigenvalue weighted by atomic mass is 31.2. The van der Waals surface area contributed by atoms with Crippen molar-refractivity contribution in [2.75, 3.05) is 26.4 Å². The first-order valence-corrected chi connectivity index (χ1v) is 17.5. The van der Waals surface area contributed by atoms with Crippen molar-refractivity contribution in [3.63, 3.8) is 0 Å². The number of esters is 2. The fourth-order valence-electron chi connectivity index (χ4n) is 3.98. The largest absolute Gasteiger partial charge is 0.472 e. The van der Waals surface area contributed by atoms with Crippen molar-refractivity contribution >= 4 is 19.8 Å². The van der Waals surface area contributed by atoms with Gasteiger partial charge in [-0.05, 0) is 32.1 Å². The molecule has 0 aliphatic rings. The number of hydrogen-bond acceptors (Lipinski definition) is 8. The predicted octanol–water partition coefficient (Wildman–Crippen LogP) is 7.87. The lowest BCUT2D eigenvalue weighted by molar-refractivity contribution is -0.161. The van der Waals surface area contributed by atoms with E-state index in [1.165, 1.54) is 32.1 Å². The quantitative estimate of drug-likeness (QED) is 0.0373. The number of unbranched alkanes of at least 4 members (excludes halogenated alkanes) is 12. The Kier molecular flexibility index (Phi) is 28.1. The molecule has 0 bridgehead atoms. The van der Waals surface area contributed by atoms with E-state index in [2.05, 4.69) is 32.1 Å². The van der Waals surface area contributed by atoms with Crippen molar-refractivity contribution in [2.45, 2.75) is 129 Å². The monoisotopic (exact) mass is 615 g/mol. The number of carbonyl (C=O) groups is 2. The molecule has 2 unspecified atom stereocenters. The molecule has 9 nitrogen and oxygen atoms in total. The molecule has 244 valence electrons. The molecule has 0 saturated heterocycles. The van der Waals surface area contributed by atoms with Gasteiger partial charge in [0, 0.05) is 19.4 Å². The summed E-state index contributed by atoms with van der Waals surface area (Å²) in [6.45, 7) is 3.50. The van der Waals surface area contributed by atoms with E-state index in [4.69, 9.17) is 24.3 Å². The highest BCUT2D eigenvalue weighted by Crippen LogP contribution is 2.43. The Morgan fingerprint density at radius 3 is 1.93 bits per heavy atom. The lowest BCUT2D eigenvalue weighted by Crippen LogP contribution is -2.29. The van der Waals surface area contributed by atoms with Gasteiger partial charge in [-0.15, -0.1) is 0 Å². The minimum Gasteiger partial charge on any atom is -0.462 e. The van der Waals surface area contributed by atoms with Crippen LogP contribution in [0.25, 0.3) is 0 Å². The summed E-state index contributed by atoms with van der Waals surface area (Å²) in [5.74, 6) is -0.863. The van der Waals surface area contributed by atoms with Gasteiger partial charge in [-0.2, -0.15) is 0 Å². The van der Waals surface area contributed by atoms with Gasteiger partial charge < -0.3 is 20.1 Å². The van der Waals surface area contributed by atoms with Crippen LogP contribution in [0, 0.1) is 0 Å². The Hall–Kier alpha value is -1.77. The molecule has 0 fully saturated rings. The lowest BCUT2D eigenvalue weighted by Gasteiger charge is -2.19. The molecule has 0 aliphatic heterocycles. The van der Waals surface area contributed by atoms with Crippen molar-refractivity contribution in [2.24, 2.45) is 5.73 Å². The summed E-state index contributed by atoms with van der Waals surface area (Å²) >= 11 is 0. The standard InChI is InChI=1S/C32H58NO8P/c1-3-5-7-9-11-13-14-15-16-17-19-21-23-25-32(35)41-30(29-40-42(36,37)39-27-26-33)28-38-31(34)24-22-20-18-12-10-8-6-4-2/h5,7,9,11,13-14,30H,3-4,6,8,10,12,15-29,33H2,1-2H3,(H,36,37)/b7-5+,11-9+,14-13+. The van der Waals surface area contributed by atoms with Crippen LogP contribution < -0.4 is 5.73 Å². The van der Waals surface area contributed by atoms with Crippen molar-refractivity contribution in [1.82, 2.24) is 0 Å². The second kappa shape index (κ2) is 29.3. The molecule has 0 spiro atoms. The van der Waals surface area contributed by atoms with E-state index < -0.39 is 32.5 Å². The maximum absolute atomic E-state index is 12.4. The maximum Gasteiger partial charge on any atom is 0.472 e. The molecule has 0 rings (SSSR count). The van der Waals surface area contributed by atoms with Crippen LogP contribution in [0.15, 0.2) is 36.5 Å². The number of carbonyl (C=O) groups excluding carboxylic acids is 2. The molecule has 0 aromatic rings. The summed E-state index contributed by atoms with van der Waals surface area (Å²) < 4.78 is 32.4. The topological polar surface area (TPSA) is 134 Å². The van der Waals surface area contributed by atoms with E-state index in [-0.39, 0.29) is 32.6 Å². The Morgan fingerprint density at radius 1 is 0.738 bits per heavy atom. The van der Waals surface area contributed by atoms with Crippen LogP contribution in [0.2, 0.25) is 0 Å². The van der Waals surface area contributed by atoms with E-state index in [9.17, 15) is 19.0 Å². The summed E-state index contributed by atoms with van der Waals surface area (Å²) in [6.07, 6.45) is 27.6. The SMILES string of the molecule is CC/C=C/C=C/C=C/CCCCCCCC(=O)OC(COC(=O)CCCCCCCCCC)COP(=O)(O)OCCN. The molecule has 0 aromatic heterocycles. The minimum absolute atomic E-state index is 0.0493. The fraction of sp³-hybridized carbons (Fsp3) is 0.750. The zero-order chi connectivity index (χ0) is 31.2. The predicted molar refractivity (Wildman–Crippen MR) is 169 cm³/mol. The van der Waals surface area contributed by atoms with Gasteiger partial charge in [0.1, 0.15) is 6.61 Å². The summed E-state index contributed by atoms with van der Waals surface area (Å²) in [5, 5.41) is 0. The number of ether oxygens (including phenoxy) is 2. The fourth-order valence-corrected chi connectivity index (χ4v) is 4.75. The average molecular weight is 616 g/mol. The summed E-state index contributed by atoms with van der Waals surface area (Å²) in [5.41, 5.74) is 5.30. The average Bonchev–Trinajstić information content (AvgIpc) is 2.97. The van der Waals surface area contributed by atoms with Crippen LogP contribution in [0.3, 0.4) is 0 Å². The van der Waals surface area contributed by atoms with Gasteiger partial charge in [0.15, 0.2) is 6.10 Å². The number of phosphoric ester groups is 1. The van der Waals surface area contributed by atoms with Gasteiger partial charge in [-0.25, -0.2) is 4.57 Å². The molecule has 10 heteroatoms. The molecular formula is C32H58NO8P. The molecule has 3 N–H and O–H groups in total. The number of nitrogens with two attached hydrogens (primary N) is 1. The molecule has 0 heterocycles. The van der Waals surface area contributed by atoms with Crippen LogP contribution in [0.1, 0.15) is 123 Å². The lowest BCUT2D eigenvalue weighted by atomic mass is 10.1. The first kappa shape index (κ1) is 40.2. The first-order chi connectivity index (χ1) is 20.3. The van der Waals surface area contributed by atoms with E-state index in [1.807, 2.05) is 18.2 Å². The zero-order valence-electron chi connectivity index (χ0n) is 26.2. The van der Waals surface area contributed by atoms with Crippen LogP contribution >= 0.6 is 7.82 Å². The van der Waals surface area contributed by atoms with Gasteiger partial charge in [0.05, 0.1) is 13.2 Å². The van der Waals surface area contributed by atoms with Gasteiger partial charge >= 0.3 is 19.8 Å².